The van der Waals surface area contributed by atoms with Crippen molar-refractivity contribution in [1.82, 2.24) is 24.4 Å². The van der Waals surface area contributed by atoms with Gasteiger partial charge in [0.15, 0.2) is 0 Å². The molecule has 124 valence electrons. The zero-order valence-corrected chi connectivity index (χ0v) is 14.2. The summed E-state index contributed by atoms with van der Waals surface area (Å²) in [5.74, 6) is 1.80. The number of imidazole rings is 1. The Morgan fingerprint density at radius 3 is 2.79 bits per heavy atom. The SMILES string of the molecule is Cc1nc2n(c1C)CCN([C@@H](C)c1nc3ccccc3c(=O)[nH]1)C2. The molecule has 3 heterocycles. The fourth-order valence-electron chi connectivity index (χ4n) is 3.44. The van der Waals surface area contributed by atoms with E-state index >= 15 is 0 Å². The smallest absolute Gasteiger partial charge is 0.258 e. The number of benzene rings is 1. The predicted octanol–water partition coefficient (Wildman–Crippen LogP) is 2.31. The van der Waals surface area contributed by atoms with Crippen LogP contribution >= 0.6 is 0 Å². The van der Waals surface area contributed by atoms with Crippen molar-refractivity contribution in [2.75, 3.05) is 6.54 Å². The Hall–Kier alpha value is -2.47. The van der Waals surface area contributed by atoms with E-state index in [9.17, 15) is 4.79 Å². The first-order valence-electron chi connectivity index (χ1n) is 8.30. The minimum absolute atomic E-state index is 0.0355. The van der Waals surface area contributed by atoms with E-state index in [0.717, 1.165) is 36.7 Å². The van der Waals surface area contributed by atoms with Crippen LogP contribution < -0.4 is 5.56 Å². The highest BCUT2D eigenvalue weighted by molar-refractivity contribution is 5.77. The van der Waals surface area contributed by atoms with Crippen molar-refractivity contribution in [2.24, 2.45) is 0 Å². The lowest BCUT2D eigenvalue weighted by Gasteiger charge is -2.32. The topological polar surface area (TPSA) is 66.8 Å². The summed E-state index contributed by atoms with van der Waals surface area (Å²) in [5, 5.41) is 0.633. The highest BCUT2D eigenvalue weighted by Crippen LogP contribution is 2.24. The van der Waals surface area contributed by atoms with E-state index in [4.69, 9.17) is 0 Å². The summed E-state index contributed by atoms with van der Waals surface area (Å²) in [4.78, 5) is 26.9. The maximum Gasteiger partial charge on any atom is 0.258 e. The second-order valence-corrected chi connectivity index (χ2v) is 6.47. The van der Waals surface area contributed by atoms with Gasteiger partial charge in [0.25, 0.3) is 5.56 Å². The molecule has 1 aliphatic heterocycles. The molecule has 0 saturated heterocycles. The fourth-order valence-corrected chi connectivity index (χ4v) is 3.44. The molecule has 6 nitrogen and oxygen atoms in total. The lowest BCUT2D eigenvalue weighted by atomic mass is 10.2. The van der Waals surface area contributed by atoms with Crippen molar-refractivity contribution >= 4 is 10.9 Å². The molecule has 0 aliphatic carbocycles. The van der Waals surface area contributed by atoms with Gasteiger partial charge >= 0.3 is 0 Å². The van der Waals surface area contributed by atoms with E-state index < -0.39 is 0 Å². The van der Waals surface area contributed by atoms with Crippen LogP contribution in [0.2, 0.25) is 0 Å². The van der Waals surface area contributed by atoms with Gasteiger partial charge in [-0.15, -0.1) is 0 Å². The molecule has 4 rings (SSSR count). The van der Waals surface area contributed by atoms with Crippen LogP contribution in [0, 0.1) is 13.8 Å². The molecule has 0 unspecified atom stereocenters. The molecule has 0 bridgehead atoms. The van der Waals surface area contributed by atoms with E-state index in [2.05, 4.69) is 45.2 Å². The van der Waals surface area contributed by atoms with Crippen LogP contribution in [0.5, 0.6) is 0 Å². The molecule has 0 spiro atoms. The van der Waals surface area contributed by atoms with E-state index in [0.29, 0.717) is 11.2 Å². The molecule has 6 heteroatoms. The summed E-state index contributed by atoms with van der Waals surface area (Å²) in [7, 11) is 0. The van der Waals surface area contributed by atoms with E-state index in [1.165, 1.54) is 5.69 Å². The van der Waals surface area contributed by atoms with Gasteiger partial charge in [-0.05, 0) is 32.9 Å². The Morgan fingerprint density at radius 2 is 1.96 bits per heavy atom. The summed E-state index contributed by atoms with van der Waals surface area (Å²) < 4.78 is 2.29. The number of nitrogens with one attached hydrogen (secondary N) is 1. The van der Waals surface area contributed by atoms with Crippen molar-refractivity contribution in [2.45, 2.75) is 39.9 Å². The van der Waals surface area contributed by atoms with Gasteiger partial charge in [-0.2, -0.15) is 0 Å². The Morgan fingerprint density at radius 1 is 1.17 bits per heavy atom. The number of aromatic amines is 1. The molecule has 0 radical (unpaired) electrons. The number of hydrogen-bond donors (Lipinski definition) is 1. The van der Waals surface area contributed by atoms with Crippen molar-refractivity contribution in [1.29, 1.82) is 0 Å². The highest BCUT2D eigenvalue weighted by Gasteiger charge is 2.26. The molecule has 1 aliphatic rings. The number of hydrogen-bond acceptors (Lipinski definition) is 4. The Balaban J connectivity index is 1.67. The average molecular weight is 323 g/mol. The lowest BCUT2D eigenvalue weighted by molar-refractivity contribution is 0.157. The molecular formula is C18H21N5O. The first-order valence-corrected chi connectivity index (χ1v) is 8.30. The third-order valence-corrected chi connectivity index (χ3v) is 5.07. The van der Waals surface area contributed by atoms with Gasteiger partial charge in [-0.1, -0.05) is 12.1 Å². The maximum absolute atomic E-state index is 12.3. The Bertz CT molecular complexity index is 971. The molecule has 0 amide bonds. The normalized spacial score (nSPS) is 16.3. The van der Waals surface area contributed by atoms with Crippen LogP contribution in [0.1, 0.15) is 36.0 Å². The van der Waals surface area contributed by atoms with Crippen molar-refractivity contribution in [3.63, 3.8) is 0 Å². The molecule has 0 saturated carbocycles. The van der Waals surface area contributed by atoms with Crippen LogP contribution in [-0.2, 0) is 13.1 Å². The monoisotopic (exact) mass is 323 g/mol. The van der Waals surface area contributed by atoms with Gasteiger partial charge in [0.05, 0.1) is 29.2 Å². The van der Waals surface area contributed by atoms with E-state index in [1.807, 2.05) is 18.2 Å². The third-order valence-electron chi connectivity index (χ3n) is 5.07. The largest absolute Gasteiger partial charge is 0.330 e. The van der Waals surface area contributed by atoms with Crippen molar-refractivity contribution in [3.8, 4) is 0 Å². The van der Waals surface area contributed by atoms with Crippen LogP contribution in [0.15, 0.2) is 29.1 Å². The van der Waals surface area contributed by atoms with Gasteiger partial charge < -0.3 is 9.55 Å². The number of aromatic nitrogens is 4. The fraction of sp³-hybridized carbons (Fsp3) is 0.389. The summed E-state index contributed by atoms with van der Waals surface area (Å²) in [5.41, 5.74) is 3.01. The second-order valence-electron chi connectivity index (χ2n) is 6.47. The zero-order valence-electron chi connectivity index (χ0n) is 14.2. The molecule has 0 fully saturated rings. The first kappa shape index (κ1) is 15.1. The number of fused-ring (bicyclic) bond motifs is 2. The third kappa shape index (κ3) is 2.34. The Labute approximate surface area is 140 Å². The molecule has 1 aromatic carbocycles. The quantitative estimate of drug-likeness (QED) is 0.786. The molecular weight excluding hydrogens is 302 g/mol. The number of nitrogens with zero attached hydrogens (tertiary/aromatic N) is 4. The molecule has 24 heavy (non-hydrogen) atoms. The second kappa shape index (κ2) is 5.56. The number of H-pyrrole nitrogens is 1. The average Bonchev–Trinajstić information content (AvgIpc) is 2.88. The van der Waals surface area contributed by atoms with Crippen molar-refractivity contribution < 1.29 is 0 Å². The van der Waals surface area contributed by atoms with E-state index in [1.54, 1.807) is 6.07 Å². The maximum atomic E-state index is 12.3. The van der Waals surface area contributed by atoms with Gasteiger partial charge in [0, 0.05) is 18.8 Å². The van der Waals surface area contributed by atoms with Gasteiger partial charge in [0.2, 0.25) is 0 Å². The standard InChI is InChI=1S/C18H21N5O/c1-11-12(2)23-9-8-22(10-16(23)19-11)13(3)17-20-15-7-5-4-6-14(15)18(24)21-17/h4-7,13H,8-10H2,1-3H3,(H,20,21,24)/t13-/m0/s1. The highest BCUT2D eigenvalue weighted by atomic mass is 16.1. The minimum atomic E-state index is -0.0763. The molecule has 1 N–H and O–H groups in total. The Kier molecular flexibility index (Phi) is 3.49. The van der Waals surface area contributed by atoms with Gasteiger partial charge in [-0.25, -0.2) is 9.97 Å². The number of rotatable bonds is 2. The minimum Gasteiger partial charge on any atom is -0.330 e. The van der Waals surface area contributed by atoms with Crippen LogP contribution in [-0.4, -0.2) is 31.0 Å². The zero-order chi connectivity index (χ0) is 16.8. The number of aryl methyl sites for hydroxylation is 1. The van der Waals surface area contributed by atoms with Crippen molar-refractivity contribution in [3.05, 3.63) is 57.7 Å². The van der Waals surface area contributed by atoms with E-state index in [-0.39, 0.29) is 11.6 Å². The first-order chi connectivity index (χ1) is 11.5. The van der Waals surface area contributed by atoms with Crippen LogP contribution in [0.3, 0.4) is 0 Å². The molecule has 2 aromatic heterocycles. The summed E-state index contributed by atoms with van der Waals surface area (Å²) in [6.45, 7) is 8.87. The van der Waals surface area contributed by atoms with Crippen LogP contribution in [0.25, 0.3) is 10.9 Å². The molecule has 3 aromatic rings. The summed E-state index contributed by atoms with van der Waals surface area (Å²) in [6, 6.07) is 7.49. The van der Waals surface area contributed by atoms with Gasteiger partial charge in [0.1, 0.15) is 11.6 Å². The van der Waals surface area contributed by atoms with Crippen LogP contribution in [0.4, 0.5) is 0 Å². The molecule has 1 atom stereocenters. The number of para-hydroxylation sites is 1. The lowest BCUT2D eigenvalue weighted by Crippen LogP contribution is -2.37. The van der Waals surface area contributed by atoms with Gasteiger partial charge in [-0.3, -0.25) is 9.69 Å². The summed E-state index contributed by atoms with van der Waals surface area (Å²) in [6.07, 6.45) is 0. The summed E-state index contributed by atoms with van der Waals surface area (Å²) >= 11 is 0. The predicted molar refractivity (Wildman–Crippen MR) is 92.9 cm³/mol.